The molecule has 0 radical (unpaired) electrons. The number of allylic oxidation sites excluding steroid dienone is 7. The van der Waals surface area contributed by atoms with E-state index < -0.39 is 12.1 Å². The average Bonchev–Trinajstić information content (AvgIpc) is 3.49. The van der Waals surface area contributed by atoms with Crippen molar-refractivity contribution >= 4 is 11.9 Å². The van der Waals surface area contributed by atoms with Crippen LogP contribution in [0.2, 0.25) is 0 Å². The van der Waals surface area contributed by atoms with Gasteiger partial charge in [-0.2, -0.15) is 0 Å². The molecule has 0 fully saturated rings. The van der Waals surface area contributed by atoms with Gasteiger partial charge in [0.15, 0.2) is 0 Å². The van der Waals surface area contributed by atoms with Crippen LogP contribution in [0.15, 0.2) is 48.6 Å². The minimum Gasteiger partial charge on any atom is -0.466 e. The second-order valence-corrected chi connectivity index (χ2v) is 25.6. The highest BCUT2D eigenvalue weighted by Crippen LogP contribution is 2.19. The normalized spacial score (nSPS) is 12.8. The molecule has 0 saturated heterocycles. The summed E-state index contributed by atoms with van der Waals surface area (Å²) in [5, 5.41) is 23.3. The zero-order chi connectivity index (χ0) is 59.9. The van der Waals surface area contributed by atoms with Crippen LogP contribution >= 0.6 is 0 Å². The Labute approximate surface area is 518 Å². The van der Waals surface area contributed by atoms with Crippen molar-refractivity contribution in [3.8, 4) is 0 Å². The minimum atomic E-state index is -0.852. The molecule has 6 heteroatoms. The first-order valence-electron chi connectivity index (χ1n) is 37.4. The van der Waals surface area contributed by atoms with Crippen molar-refractivity contribution in [1.29, 1.82) is 0 Å². The molecule has 3 N–H and O–H groups in total. The molecule has 0 spiro atoms. The Bertz CT molecular complexity index is 1390. The van der Waals surface area contributed by atoms with E-state index in [9.17, 15) is 19.8 Å². The number of hydrogen-bond donors (Lipinski definition) is 3. The molecule has 0 aliphatic carbocycles. The number of aliphatic hydroxyl groups is 2. The van der Waals surface area contributed by atoms with Crippen LogP contribution in [0.5, 0.6) is 0 Å². The summed E-state index contributed by atoms with van der Waals surface area (Å²) in [6, 6.07) is -0.636. The van der Waals surface area contributed by atoms with E-state index in [2.05, 4.69) is 55.6 Å². The minimum absolute atomic E-state index is 0.00618. The number of ether oxygens (including phenoxy) is 1. The summed E-state index contributed by atoms with van der Waals surface area (Å²) in [6.07, 6.45) is 94.8. The molecule has 2 unspecified atom stereocenters. The second-order valence-electron chi connectivity index (χ2n) is 25.6. The van der Waals surface area contributed by atoms with Gasteiger partial charge in [-0.15, -0.1) is 0 Å². The first kappa shape index (κ1) is 80.8. The van der Waals surface area contributed by atoms with Crippen LogP contribution in [0.4, 0.5) is 0 Å². The smallest absolute Gasteiger partial charge is 0.305 e. The molecule has 0 bridgehead atoms. The van der Waals surface area contributed by atoms with Crippen LogP contribution in [0.3, 0.4) is 0 Å². The Morgan fingerprint density at radius 1 is 0.337 bits per heavy atom. The van der Waals surface area contributed by atoms with E-state index >= 15 is 0 Å². The third kappa shape index (κ3) is 68.8. The fourth-order valence-electron chi connectivity index (χ4n) is 11.6. The first-order valence-corrected chi connectivity index (χ1v) is 37.4. The highest BCUT2D eigenvalue weighted by molar-refractivity contribution is 5.76. The fraction of sp³-hybridized carbons (Fsp3) is 0.870. The van der Waals surface area contributed by atoms with Gasteiger partial charge in [-0.25, -0.2) is 0 Å². The lowest BCUT2D eigenvalue weighted by atomic mass is 10.0. The lowest BCUT2D eigenvalue weighted by Crippen LogP contribution is -2.45. The lowest BCUT2D eigenvalue weighted by Gasteiger charge is -2.20. The molecule has 0 rings (SSSR count). The first-order chi connectivity index (χ1) is 41.0. The lowest BCUT2D eigenvalue weighted by molar-refractivity contribution is -0.143. The van der Waals surface area contributed by atoms with Gasteiger partial charge in [-0.1, -0.05) is 351 Å². The fourth-order valence-corrected chi connectivity index (χ4v) is 11.6. The van der Waals surface area contributed by atoms with E-state index in [1.54, 1.807) is 6.08 Å². The van der Waals surface area contributed by atoms with Crippen molar-refractivity contribution in [3.05, 3.63) is 48.6 Å². The number of rotatable bonds is 70. The molecule has 488 valence electrons. The molecule has 0 aromatic rings. The number of carbonyl (C=O) groups excluding carboxylic acids is 2. The van der Waals surface area contributed by atoms with Crippen LogP contribution in [0.25, 0.3) is 0 Å². The van der Waals surface area contributed by atoms with Crippen LogP contribution in [-0.2, 0) is 14.3 Å². The monoisotopic (exact) mass is 1160 g/mol. The molecule has 1 amide bonds. The molecule has 0 aliphatic rings. The summed E-state index contributed by atoms with van der Waals surface area (Å²) in [6.45, 7) is 4.91. The zero-order valence-electron chi connectivity index (χ0n) is 55.9. The summed E-state index contributed by atoms with van der Waals surface area (Å²) >= 11 is 0. The number of hydrogen-bond acceptors (Lipinski definition) is 5. The maximum atomic E-state index is 12.5. The molecular formula is C77H145NO5. The van der Waals surface area contributed by atoms with Crippen molar-refractivity contribution in [2.24, 2.45) is 0 Å². The Balaban J connectivity index is 3.43. The van der Waals surface area contributed by atoms with Gasteiger partial charge in [0.25, 0.3) is 0 Å². The molecular weight excluding hydrogens is 1020 g/mol. The van der Waals surface area contributed by atoms with E-state index in [4.69, 9.17) is 4.74 Å². The number of nitrogens with one attached hydrogen (secondary N) is 1. The molecule has 83 heavy (non-hydrogen) atoms. The van der Waals surface area contributed by atoms with E-state index in [1.807, 2.05) is 6.08 Å². The van der Waals surface area contributed by atoms with Gasteiger partial charge < -0.3 is 20.3 Å². The maximum Gasteiger partial charge on any atom is 0.305 e. The second kappa shape index (κ2) is 72.3. The third-order valence-corrected chi connectivity index (χ3v) is 17.3. The van der Waals surface area contributed by atoms with Crippen molar-refractivity contribution < 1.29 is 24.5 Å². The van der Waals surface area contributed by atoms with Gasteiger partial charge in [-0.3, -0.25) is 9.59 Å². The summed E-state index contributed by atoms with van der Waals surface area (Å²) < 4.78 is 5.51. The number of amides is 1. The van der Waals surface area contributed by atoms with E-state index in [1.165, 1.54) is 321 Å². The zero-order valence-corrected chi connectivity index (χ0v) is 55.9. The summed E-state index contributed by atoms with van der Waals surface area (Å²) in [4.78, 5) is 24.7. The Morgan fingerprint density at radius 2 is 0.602 bits per heavy atom. The molecule has 0 aromatic heterocycles. The quantitative estimate of drug-likeness (QED) is 0.0320. The highest BCUT2D eigenvalue weighted by Gasteiger charge is 2.18. The molecule has 0 aliphatic heterocycles. The van der Waals surface area contributed by atoms with Crippen molar-refractivity contribution in [1.82, 2.24) is 5.32 Å². The van der Waals surface area contributed by atoms with Gasteiger partial charge in [0, 0.05) is 12.8 Å². The van der Waals surface area contributed by atoms with Crippen LogP contribution < -0.4 is 5.32 Å². The number of aliphatic hydroxyl groups excluding tert-OH is 2. The third-order valence-electron chi connectivity index (χ3n) is 17.3. The van der Waals surface area contributed by atoms with E-state index in [0.717, 1.165) is 57.8 Å². The number of carbonyl (C=O) groups is 2. The van der Waals surface area contributed by atoms with E-state index in [0.29, 0.717) is 19.4 Å². The largest absolute Gasteiger partial charge is 0.466 e. The summed E-state index contributed by atoms with van der Waals surface area (Å²) in [5.74, 6) is -0.0650. The highest BCUT2D eigenvalue weighted by atomic mass is 16.5. The van der Waals surface area contributed by atoms with Crippen molar-refractivity contribution in [2.45, 2.75) is 418 Å². The van der Waals surface area contributed by atoms with Gasteiger partial charge in [0.1, 0.15) is 0 Å². The van der Waals surface area contributed by atoms with Gasteiger partial charge >= 0.3 is 5.97 Å². The molecule has 0 heterocycles. The Hall–Kier alpha value is -2.18. The maximum absolute atomic E-state index is 12.5. The SMILES string of the molecule is CCCCC/C=C\C/C=C\CCCCCCCCCCCC(=O)OCCCCCCCCCCCCC/C=C\CCCCCCCCCC(=O)NC(CO)C(O)/C=C/CCCCCCCCCCCCCCCCCCCCCCCCC. The van der Waals surface area contributed by atoms with E-state index in [-0.39, 0.29) is 18.5 Å². The Kier molecular flexibility index (Phi) is 70.4. The number of esters is 1. The molecule has 0 saturated carbocycles. The summed E-state index contributed by atoms with van der Waals surface area (Å²) in [5.41, 5.74) is 0. The van der Waals surface area contributed by atoms with Crippen LogP contribution in [0, 0.1) is 0 Å². The molecule has 0 aromatic carbocycles. The topological polar surface area (TPSA) is 95.9 Å². The van der Waals surface area contributed by atoms with Crippen LogP contribution in [0.1, 0.15) is 406 Å². The van der Waals surface area contributed by atoms with Gasteiger partial charge in [0.05, 0.1) is 25.4 Å². The molecule has 6 nitrogen and oxygen atoms in total. The molecule has 2 atom stereocenters. The Morgan fingerprint density at radius 3 is 0.952 bits per heavy atom. The van der Waals surface area contributed by atoms with Gasteiger partial charge in [0.2, 0.25) is 5.91 Å². The summed E-state index contributed by atoms with van der Waals surface area (Å²) in [7, 11) is 0. The number of unbranched alkanes of at least 4 members (excludes halogenated alkanes) is 53. The van der Waals surface area contributed by atoms with Gasteiger partial charge in [-0.05, 0) is 89.9 Å². The van der Waals surface area contributed by atoms with Crippen molar-refractivity contribution in [2.75, 3.05) is 13.2 Å². The van der Waals surface area contributed by atoms with Crippen LogP contribution in [-0.4, -0.2) is 47.4 Å². The average molecular weight is 1170 g/mol. The van der Waals surface area contributed by atoms with Crippen molar-refractivity contribution in [3.63, 3.8) is 0 Å². The predicted octanol–water partition coefficient (Wildman–Crippen LogP) is 24.4. The standard InChI is InChI=1S/C77H145NO5/c1-3-5-7-9-11-13-15-17-19-21-23-24-25-26-27-30-34-37-41-45-49-53-57-61-65-69-75(80)74(73-79)78-76(81)70-66-62-58-54-50-46-42-38-35-31-28-29-32-36-40-44-48-52-56-60-64-68-72-83-77(82)71-67-63-59-55-51-47-43-39-33-22-20-18-16-14-12-10-8-6-4-2/h12,14,18,20,31,35,65,69,74-75,79-80H,3-11,13,15-17,19,21-30,32-34,36-64,66-68,70-73H2,1-2H3,(H,78,81)/b14-12-,20-18-,35-31-,69-65+. The predicted molar refractivity (Wildman–Crippen MR) is 366 cm³/mol.